The lowest BCUT2D eigenvalue weighted by molar-refractivity contribution is 0.0609. The van der Waals surface area contributed by atoms with Crippen molar-refractivity contribution in [3.63, 3.8) is 0 Å². The molecule has 0 aromatic heterocycles. The van der Waals surface area contributed by atoms with Gasteiger partial charge in [-0.15, -0.1) is 0 Å². The van der Waals surface area contributed by atoms with Gasteiger partial charge in [0.05, 0.1) is 5.60 Å². The molecule has 0 aliphatic carbocycles. The summed E-state index contributed by atoms with van der Waals surface area (Å²) in [7, 11) is -3.44. The van der Waals surface area contributed by atoms with E-state index in [0.29, 0.717) is 19.5 Å². The molecule has 15 heavy (non-hydrogen) atoms. The lowest BCUT2D eigenvalue weighted by Crippen LogP contribution is -2.46. The van der Waals surface area contributed by atoms with Crippen molar-refractivity contribution in [1.29, 1.82) is 0 Å². The molecule has 0 aliphatic rings. The van der Waals surface area contributed by atoms with Crippen LogP contribution in [-0.2, 0) is 10.2 Å². The number of hydrogen-bond donors (Lipinski definition) is 2. The third-order valence-corrected chi connectivity index (χ3v) is 4.15. The Bertz CT molecular complexity index is 271. The molecule has 0 bridgehead atoms. The van der Waals surface area contributed by atoms with Gasteiger partial charge < -0.3 is 5.11 Å². The van der Waals surface area contributed by atoms with Crippen molar-refractivity contribution in [3.8, 4) is 0 Å². The number of nitrogens with zero attached hydrogens (tertiary/aromatic N) is 1. The summed E-state index contributed by atoms with van der Waals surface area (Å²) in [5, 5.41) is 9.67. The van der Waals surface area contributed by atoms with E-state index in [2.05, 4.69) is 4.72 Å². The largest absolute Gasteiger partial charge is 0.389 e. The summed E-state index contributed by atoms with van der Waals surface area (Å²) < 4.78 is 27.0. The fourth-order valence-electron chi connectivity index (χ4n) is 1.03. The van der Waals surface area contributed by atoms with Crippen LogP contribution in [0, 0.1) is 0 Å². The molecule has 5 nitrogen and oxygen atoms in total. The molecule has 0 saturated carbocycles. The zero-order chi connectivity index (χ0) is 12.1. The normalized spacial score (nSPS) is 16.7. The number of hydrogen-bond acceptors (Lipinski definition) is 3. The highest BCUT2D eigenvalue weighted by Gasteiger charge is 2.24. The van der Waals surface area contributed by atoms with E-state index in [4.69, 9.17) is 0 Å². The van der Waals surface area contributed by atoms with Gasteiger partial charge in [-0.25, -0.2) is 0 Å². The summed E-state index contributed by atoms with van der Waals surface area (Å²) in [5.74, 6) is 0. The maximum Gasteiger partial charge on any atom is 0.279 e. The molecule has 0 aliphatic heterocycles. The highest BCUT2D eigenvalue weighted by Crippen LogP contribution is 2.07. The molecule has 1 atom stereocenters. The van der Waals surface area contributed by atoms with Crippen molar-refractivity contribution in [2.75, 3.05) is 19.6 Å². The molecule has 0 radical (unpaired) electrons. The van der Waals surface area contributed by atoms with Crippen LogP contribution in [0.3, 0.4) is 0 Å². The van der Waals surface area contributed by atoms with Crippen LogP contribution in [0.15, 0.2) is 0 Å². The third-order valence-electron chi connectivity index (χ3n) is 2.44. The molecule has 0 saturated heterocycles. The van der Waals surface area contributed by atoms with Crippen LogP contribution in [-0.4, -0.2) is 43.1 Å². The van der Waals surface area contributed by atoms with Gasteiger partial charge in [-0.05, 0) is 13.3 Å². The molecular weight excluding hydrogens is 216 g/mol. The van der Waals surface area contributed by atoms with E-state index in [0.717, 1.165) is 0 Å². The van der Waals surface area contributed by atoms with Gasteiger partial charge in [-0.3, -0.25) is 0 Å². The van der Waals surface area contributed by atoms with Crippen LogP contribution < -0.4 is 4.72 Å². The van der Waals surface area contributed by atoms with Crippen molar-refractivity contribution in [3.05, 3.63) is 0 Å². The fraction of sp³-hybridized carbons (Fsp3) is 1.00. The lowest BCUT2D eigenvalue weighted by Gasteiger charge is -2.24. The van der Waals surface area contributed by atoms with Gasteiger partial charge in [0.25, 0.3) is 10.2 Å². The van der Waals surface area contributed by atoms with Crippen molar-refractivity contribution in [2.24, 2.45) is 0 Å². The maximum atomic E-state index is 11.7. The summed E-state index contributed by atoms with van der Waals surface area (Å²) in [5.41, 5.74) is -0.986. The Morgan fingerprint density at radius 1 is 1.27 bits per heavy atom. The molecule has 0 rings (SSSR count). The molecule has 1 unspecified atom stereocenters. The molecule has 2 N–H and O–H groups in total. The van der Waals surface area contributed by atoms with Crippen molar-refractivity contribution in [1.82, 2.24) is 9.03 Å². The first kappa shape index (κ1) is 14.8. The third kappa shape index (κ3) is 4.92. The summed E-state index contributed by atoms with van der Waals surface area (Å²) in [6.07, 6.45) is 0.508. The number of aliphatic hydroxyl groups is 1. The van der Waals surface area contributed by atoms with Crippen LogP contribution in [0.1, 0.15) is 34.1 Å². The van der Waals surface area contributed by atoms with E-state index in [1.54, 1.807) is 20.8 Å². The molecule has 0 aromatic carbocycles. The van der Waals surface area contributed by atoms with E-state index >= 15 is 0 Å². The number of rotatable bonds is 7. The van der Waals surface area contributed by atoms with Crippen LogP contribution in [0.4, 0.5) is 0 Å². The highest BCUT2D eigenvalue weighted by atomic mass is 32.2. The Morgan fingerprint density at radius 3 is 2.07 bits per heavy atom. The minimum atomic E-state index is -3.44. The summed E-state index contributed by atoms with van der Waals surface area (Å²) >= 11 is 0. The Kier molecular flexibility index (Phi) is 5.72. The van der Waals surface area contributed by atoms with Gasteiger partial charge >= 0.3 is 0 Å². The Balaban J connectivity index is 4.40. The fourth-order valence-corrected chi connectivity index (χ4v) is 2.38. The van der Waals surface area contributed by atoms with Gasteiger partial charge in [0, 0.05) is 19.6 Å². The van der Waals surface area contributed by atoms with Gasteiger partial charge in [-0.2, -0.15) is 17.4 Å². The Hall–Kier alpha value is -0.170. The van der Waals surface area contributed by atoms with E-state index < -0.39 is 15.8 Å². The van der Waals surface area contributed by atoms with Crippen LogP contribution in [0.5, 0.6) is 0 Å². The maximum absolute atomic E-state index is 11.7. The summed E-state index contributed by atoms with van der Waals surface area (Å²) in [4.78, 5) is 0. The van der Waals surface area contributed by atoms with Crippen LogP contribution in [0.2, 0.25) is 0 Å². The van der Waals surface area contributed by atoms with Gasteiger partial charge in [-0.1, -0.05) is 20.8 Å². The molecule has 6 heteroatoms. The standard InChI is InChI=1S/C9H22N2O3S/c1-5-9(4,12)8-10-15(13,14)11(6-2)7-3/h10,12H,5-8H2,1-4H3. The summed E-state index contributed by atoms with van der Waals surface area (Å²) in [6.45, 7) is 7.88. The second kappa shape index (κ2) is 5.79. The first-order valence-corrected chi connectivity index (χ1v) is 6.70. The molecule has 0 spiro atoms. The van der Waals surface area contributed by atoms with Crippen LogP contribution in [0.25, 0.3) is 0 Å². The van der Waals surface area contributed by atoms with E-state index in [1.807, 2.05) is 6.92 Å². The van der Waals surface area contributed by atoms with Crippen LogP contribution >= 0.6 is 0 Å². The molecule has 0 fully saturated rings. The van der Waals surface area contributed by atoms with E-state index in [1.165, 1.54) is 4.31 Å². The topological polar surface area (TPSA) is 69.6 Å². The molecular formula is C9H22N2O3S. The quantitative estimate of drug-likeness (QED) is 0.671. The second-order valence-electron chi connectivity index (χ2n) is 3.76. The summed E-state index contributed by atoms with van der Waals surface area (Å²) in [6, 6.07) is 0. The SMILES string of the molecule is CCN(CC)S(=O)(=O)NCC(C)(O)CC. The van der Waals surface area contributed by atoms with E-state index in [-0.39, 0.29) is 6.54 Å². The Labute approximate surface area is 92.7 Å². The second-order valence-corrected chi connectivity index (χ2v) is 5.52. The predicted molar refractivity (Wildman–Crippen MR) is 60.8 cm³/mol. The monoisotopic (exact) mass is 238 g/mol. The lowest BCUT2D eigenvalue weighted by atomic mass is 10.1. The minimum Gasteiger partial charge on any atom is -0.389 e. The molecule has 0 amide bonds. The molecule has 0 aromatic rings. The predicted octanol–water partition coefficient (Wildman–Crippen LogP) is 0.324. The average Bonchev–Trinajstić information content (AvgIpc) is 2.17. The van der Waals surface area contributed by atoms with Crippen molar-refractivity contribution < 1.29 is 13.5 Å². The molecule has 92 valence electrons. The van der Waals surface area contributed by atoms with Gasteiger partial charge in [0.15, 0.2) is 0 Å². The van der Waals surface area contributed by atoms with Crippen molar-refractivity contribution in [2.45, 2.75) is 39.7 Å². The molecule has 0 heterocycles. The number of nitrogens with one attached hydrogen (secondary N) is 1. The smallest absolute Gasteiger partial charge is 0.279 e. The minimum absolute atomic E-state index is 0.0440. The van der Waals surface area contributed by atoms with Gasteiger partial charge in [0.1, 0.15) is 0 Å². The Morgan fingerprint density at radius 2 is 1.73 bits per heavy atom. The first-order valence-electron chi connectivity index (χ1n) is 5.26. The zero-order valence-electron chi connectivity index (χ0n) is 9.95. The first-order chi connectivity index (χ1) is 6.79. The van der Waals surface area contributed by atoms with E-state index in [9.17, 15) is 13.5 Å². The highest BCUT2D eigenvalue weighted by molar-refractivity contribution is 7.87. The average molecular weight is 238 g/mol. The zero-order valence-corrected chi connectivity index (χ0v) is 10.8. The van der Waals surface area contributed by atoms with Gasteiger partial charge in [0.2, 0.25) is 0 Å². The van der Waals surface area contributed by atoms with Crippen molar-refractivity contribution >= 4 is 10.2 Å².